The quantitative estimate of drug-likeness (QED) is 0.179. The number of rotatable bonds is 7. The maximum Gasteiger partial charge on any atom is 0.354 e. The van der Waals surface area contributed by atoms with E-state index in [2.05, 4.69) is 64.6 Å². The number of benzene rings is 4. The highest BCUT2D eigenvalue weighted by Crippen LogP contribution is 2.45. The molecule has 254 valence electrons. The fourth-order valence-corrected chi connectivity index (χ4v) is 8.01. The van der Waals surface area contributed by atoms with Crippen molar-refractivity contribution in [2.24, 2.45) is 0 Å². The first-order chi connectivity index (χ1) is 24.3. The van der Waals surface area contributed by atoms with Crippen molar-refractivity contribution in [3.05, 3.63) is 129 Å². The van der Waals surface area contributed by atoms with Crippen LogP contribution in [0.4, 0.5) is 11.6 Å². The van der Waals surface area contributed by atoms with Crippen molar-refractivity contribution in [2.75, 3.05) is 44.6 Å². The van der Waals surface area contributed by atoms with Crippen LogP contribution in [0.3, 0.4) is 0 Å². The standard InChI is InChI=1S/C41H42N6O3/c1-44(2)38-33-19-17-29(24-35(33)46(40(48)42-38)31-11-6-5-7-12-31)28-16-15-27(22-28)26-10-8-13-32(23-26)47-36-25-30(37-14-9-21-50-37)18-20-34(36)39(45(3)4)43-41(47)49/h5-8,10-13,17-20,23-25,27-28,37H,9,14-16,21-22H2,1-4H3. The lowest BCUT2D eigenvalue weighted by Gasteiger charge is -2.20. The van der Waals surface area contributed by atoms with Gasteiger partial charge in [-0.15, -0.1) is 0 Å². The normalized spacial score (nSPS) is 19.0. The van der Waals surface area contributed by atoms with Crippen LogP contribution in [0.15, 0.2) is 101 Å². The second kappa shape index (κ2) is 12.9. The van der Waals surface area contributed by atoms with Gasteiger partial charge in [0.1, 0.15) is 11.6 Å². The summed E-state index contributed by atoms with van der Waals surface area (Å²) in [6.45, 7) is 0.763. The van der Waals surface area contributed by atoms with Gasteiger partial charge in [-0.05, 0) is 109 Å². The van der Waals surface area contributed by atoms with E-state index in [9.17, 15) is 9.59 Å². The summed E-state index contributed by atoms with van der Waals surface area (Å²) in [7, 11) is 7.69. The molecule has 0 amide bonds. The molecule has 6 aromatic rings. The van der Waals surface area contributed by atoms with Crippen LogP contribution in [-0.2, 0) is 4.74 Å². The van der Waals surface area contributed by atoms with Gasteiger partial charge in [0.05, 0.1) is 28.5 Å². The highest BCUT2D eigenvalue weighted by molar-refractivity contribution is 5.92. The number of ether oxygens (including phenoxy) is 1. The molecule has 4 aromatic carbocycles. The van der Waals surface area contributed by atoms with E-state index in [1.54, 1.807) is 9.13 Å². The first-order valence-electron chi connectivity index (χ1n) is 17.5. The van der Waals surface area contributed by atoms with Gasteiger partial charge in [-0.1, -0.05) is 42.5 Å². The molecule has 3 heterocycles. The Hall–Kier alpha value is -5.28. The summed E-state index contributed by atoms with van der Waals surface area (Å²) in [5.74, 6) is 2.00. The van der Waals surface area contributed by atoms with Gasteiger partial charge in [0.2, 0.25) is 0 Å². The molecule has 1 aliphatic heterocycles. The van der Waals surface area contributed by atoms with Crippen molar-refractivity contribution in [3.63, 3.8) is 0 Å². The van der Waals surface area contributed by atoms with Crippen LogP contribution in [0.25, 0.3) is 33.2 Å². The molecule has 3 unspecified atom stereocenters. The minimum atomic E-state index is -0.292. The van der Waals surface area contributed by atoms with Gasteiger partial charge in [-0.3, -0.25) is 9.13 Å². The average molecular weight is 667 g/mol. The molecule has 9 heteroatoms. The second-order valence-electron chi connectivity index (χ2n) is 14.1. The molecule has 1 saturated carbocycles. The predicted octanol–water partition coefficient (Wildman–Crippen LogP) is 7.12. The summed E-state index contributed by atoms with van der Waals surface area (Å²) in [6, 6.07) is 31.0. The van der Waals surface area contributed by atoms with Gasteiger partial charge in [0, 0.05) is 45.6 Å². The van der Waals surface area contributed by atoms with E-state index in [4.69, 9.17) is 4.74 Å². The summed E-state index contributed by atoms with van der Waals surface area (Å²) in [6.07, 6.45) is 5.12. The molecule has 0 N–H and O–H groups in total. The van der Waals surface area contributed by atoms with Crippen LogP contribution in [-0.4, -0.2) is 53.9 Å². The number of aromatic nitrogens is 4. The summed E-state index contributed by atoms with van der Waals surface area (Å²) >= 11 is 0. The van der Waals surface area contributed by atoms with E-state index in [0.29, 0.717) is 23.5 Å². The third-order valence-corrected chi connectivity index (χ3v) is 10.5. The third-order valence-electron chi connectivity index (χ3n) is 10.5. The summed E-state index contributed by atoms with van der Waals surface area (Å²) in [4.78, 5) is 39.9. The Morgan fingerprint density at radius 2 is 1.18 bits per heavy atom. The van der Waals surface area contributed by atoms with Gasteiger partial charge in [0.25, 0.3) is 0 Å². The van der Waals surface area contributed by atoms with E-state index in [0.717, 1.165) is 77.5 Å². The first-order valence-corrected chi connectivity index (χ1v) is 17.5. The van der Waals surface area contributed by atoms with Crippen LogP contribution in [0.5, 0.6) is 0 Å². The Balaban J connectivity index is 1.15. The molecule has 1 aliphatic carbocycles. The van der Waals surface area contributed by atoms with Crippen molar-refractivity contribution in [2.45, 2.75) is 50.0 Å². The molecule has 2 fully saturated rings. The molecular formula is C41H42N6O3. The largest absolute Gasteiger partial charge is 0.374 e. The third kappa shape index (κ3) is 5.65. The lowest BCUT2D eigenvalue weighted by atomic mass is 9.92. The highest BCUT2D eigenvalue weighted by Gasteiger charge is 2.29. The number of hydrogen-bond acceptors (Lipinski definition) is 7. The first kappa shape index (κ1) is 32.0. The van der Waals surface area contributed by atoms with Crippen molar-refractivity contribution >= 4 is 33.4 Å². The highest BCUT2D eigenvalue weighted by atomic mass is 16.5. The fraction of sp³-hybridized carbons (Fsp3) is 0.317. The van der Waals surface area contributed by atoms with Gasteiger partial charge in [-0.2, -0.15) is 9.97 Å². The molecule has 8 rings (SSSR count). The zero-order valence-electron chi connectivity index (χ0n) is 29.0. The molecule has 2 aromatic heterocycles. The average Bonchev–Trinajstić information content (AvgIpc) is 3.85. The van der Waals surface area contributed by atoms with Crippen LogP contribution >= 0.6 is 0 Å². The van der Waals surface area contributed by atoms with E-state index >= 15 is 0 Å². The van der Waals surface area contributed by atoms with Gasteiger partial charge >= 0.3 is 11.4 Å². The van der Waals surface area contributed by atoms with Crippen LogP contribution < -0.4 is 21.2 Å². The van der Waals surface area contributed by atoms with Gasteiger partial charge < -0.3 is 14.5 Å². The second-order valence-corrected chi connectivity index (χ2v) is 14.1. The molecule has 9 nitrogen and oxygen atoms in total. The van der Waals surface area contributed by atoms with Crippen molar-refractivity contribution < 1.29 is 4.74 Å². The Bertz CT molecular complexity index is 2340. The number of fused-ring (bicyclic) bond motifs is 2. The lowest BCUT2D eigenvalue weighted by Crippen LogP contribution is -2.26. The van der Waals surface area contributed by atoms with E-state index in [1.807, 2.05) is 74.4 Å². The van der Waals surface area contributed by atoms with E-state index in [-0.39, 0.29) is 17.5 Å². The van der Waals surface area contributed by atoms with Crippen molar-refractivity contribution in [1.29, 1.82) is 0 Å². The van der Waals surface area contributed by atoms with E-state index in [1.165, 1.54) is 11.1 Å². The van der Waals surface area contributed by atoms with Crippen molar-refractivity contribution in [1.82, 2.24) is 19.1 Å². The Morgan fingerprint density at radius 1 is 0.620 bits per heavy atom. The topological polar surface area (TPSA) is 85.5 Å². The lowest BCUT2D eigenvalue weighted by molar-refractivity contribution is 0.112. The molecule has 2 aliphatic rings. The molecule has 0 spiro atoms. The SMILES string of the molecule is CN(C)c1nc(=O)n(-c2ccccc2)c2cc(C3CCC(c4cccc(-n5c(=O)nc(N(C)C)c6ccc(C7CCCO7)cc65)c4)C3)ccc12. The van der Waals surface area contributed by atoms with Crippen LogP contribution in [0, 0.1) is 0 Å². The van der Waals surface area contributed by atoms with Crippen LogP contribution in [0.1, 0.15) is 66.7 Å². The zero-order chi connectivity index (χ0) is 34.5. The molecular weight excluding hydrogens is 624 g/mol. The molecule has 1 saturated heterocycles. The monoisotopic (exact) mass is 666 g/mol. The minimum absolute atomic E-state index is 0.0453. The summed E-state index contributed by atoms with van der Waals surface area (Å²) < 4.78 is 9.50. The maximum absolute atomic E-state index is 13.8. The Labute approximate surface area is 291 Å². The van der Waals surface area contributed by atoms with Gasteiger partial charge in [-0.25, -0.2) is 9.59 Å². The summed E-state index contributed by atoms with van der Waals surface area (Å²) in [5, 5.41) is 1.87. The van der Waals surface area contributed by atoms with E-state index < -0.39 is 0 Å². The Kier molecular flexibility index (Phi) is 8.23. The molecule has 0 radical (unpaired) electrons. The molecule has 50 heavy (non-hydrogen) atoms. The fourth-order valence-electron chi connectivity index (χ4n) is 8.01. The molecule has 3 atom stereocenters. The van der Waals surface area contributed by atoms with Crippen LogP contribution in [0.2, 0.25) is 0 Å². The number of para-hydroxylation sites is 1. The zero-order valence-corrected chi connectivity index (χ0v) is 29.0. The minimum Gasteiger partial charge on any atom is -0.374 e. The van der Waals surface area contributed by atoms with Crippen molar-refractivity contribution in [3.8, 4) is 11.4 Å². The van der Waals surface area contributed by atoms with Gasteiger partial charge in [0.15, 0.2) is 0 Å². The number of hydrogen-bond donors (Lipinski definition) is 0. The summed E-state index contributed by atoms with van der Waals surface area (Å²) in [5.41, 5.74) is 6.29. The number of anilines is 2. The number of nitrogens with zero attached hydrogens (tertiary/aromatic N) is 6. The predicted molar refractivity (Wildman–Crippen MR) is 201 cm³/mol. The smallest absolute Gasteiger partial charge is 0.354 e. The molecule has 0 bridgehead atoms. The maximum atomic E-state index is 13.8. The Morgan fingerprint density at radius 3 is 1.78 bits per heavy atom.